The smallest absolute Gasteiger partial charge is 0.321 e. The molecule has 2 saturated carbocycles. The van der Waals surface area contributed by atoms with E-state index in [1.54, 1.807) is 6.92 Å². The predicted octanol–water partition coefficient (Wildman–Crippen LogP) is 4.58. The number of rotatable bonds is 4. The number of hydrogen-bond acceptors (Lipinski definition) is 7. The van der Waals surface area contributed by atoms with E-state index in [4.69, 9.17) is 14.2 Å². The van der Waals surface area contributed by atoms with Crippen molar-refractivity contribution in [3.63, 3.8) is 0 Å². The first-order valence-electron chi connectivity index (χ1n) is 12.9. The molecule has 0 radical (unpaired) electrons. The van der Waals surface area contributed by atoms with Crippen LogP contribution in [0.1, 0.15) is 74.1 Å². The van der Waals surface area contributed by atoms with Gasteiger partial charge in [-0.2, -0.15) is 0 Å². The Balaban J connectivity index is 2.02. The van der Waals surface area contributed by atoms with E-state index in [-0.39, 0.29) is 29.7 Å². The van der Waals surface area contributed by atoms with Crippen molar-refractivity contribution in [3.8, 4) is 0 Å². The van der Waals surface area contributed by atoms with Crippen molar-refractivity contribution in [1.29, 1.82) is 0 Å². The van der Waals surface area contributed by atoms with Crippen LogP contribution >= 0.6 is 0 Å². The number of fused-ring (bicyclic) bond motifs is 5. The van der Waals surface area contributed by atoms with Crippen LogP contribution in [0.25, 0.3) is 0 Å². The lowest BCUT2D eigenvalue weighted by atomic mass is 9.33. The molecule has 4 aliphatic carbocycles. The van der Waals surface area contributed by atoms with E-state index in [1.807, 2.05) is 20.8 Å². The average Bonchev–Trinajstić information content (AvgIpc) is 3.01. The molecule has 0 spiro atoms. The van der Waals surface area contributed by atoms with E-state index in [1.165, 1.54) is 21.1 Å². The zero-order valence-corrected chi connectivity index (χ0v) is 23.1. The van der Waals surface area contributed by atoms with E-state index in [2.05, 4.69) is 19.9 Å². The van der Waals surface area contributed by atoms with Gasteiger partial charge in [0, 0.05) is 23.3 Å². The molecule has 0 bridgehead atoms. The highest BCUT2D eigenvalue weighted by molar-refractivity contribution is 6.11. The quantitative estimate of drug-likeness (QED) is 0.317. The first-order chi connectivity index (χ1) is 16.7. The highest BCUT2D eigenvalue weighted by atomic mass is 16.5. The lowest BCUT2D eigenvalue weighted by Crippen LogP contribution is -2.70. The third-order valence-electron chi connectivity index (χ3n) is 10.9. The van der Waals surface area contributed by atoms with Gasteiger partial charge in [0.25, 0.3) is 0 Å². The van der Waals surface area contributed by atoms with Crippen LogP contribution in [0.2, 0.25) is 0 Å². The van der Waals surface area contributed by atoms with Crippen molar-refractivity contribution in [2.24, 2.45) is 38.9 Å². The molecular formula is C29H40O7. The fraction of sp³-hybridized carbons (Fsp3) is 0.724. The van der Waals surface area contributed by atoms with Crippen molar-refractivity contribution in [3.05, 3.63) is 23.0 Å². The average molecular weight is 501 g/mol. The van der Waals surface area contributed by atoms with E-state index in [0.29, 0.717) is 37.0 Å². The van der Waals surface area contributed by atoms with Gasteiger partial charge in [-0.3, -0.25) is 14.4 Å². The summed E-state index contributed by atoms with van der Waals surface area (Å²) in [4.78, 5) is 53.0. The van der Waals surface area contributed by atoms with Crippen molar-refractivity contribution < 1.29 is 33.4 Å². The second kappa shape index (κ2) is 8.03. The zero-order chi connectivity index (χ0) is 27.1. The topological polar surface area (TPSA) is 96.0 Å². The van der Waals surface area contributed by atoms with E-state index >= 15 is 0 Å². The SMILES string of the molecule is COC(=O)[C@@]12C(OC)=C(C)C(=O)[C@]1(C)C(C)=CC1[C@]3(C=O)CC[C@H](OC(C)=O)C(C)(C)C3CC[C@@]12C. The van der Waals surface area contributed by atoms with Gasteiger partial charge in [-0.1, -0.05) is 32.4 Å². The first kappa shape index (κ1) is 26.6. The maximum Gasteiger partial charge on any atom is 0.321 e. The number of carbonyl (C=O) groups is 4. The van der Waals surface area contributed by atoms with Gasteiger partial charge in [-0.15, -0.1) is 0 Å². The normalized spacial score (nSPS) is 43.0. The molecule has 7 heteroatoms. The van der Waals surface area contributed by atoms with Gasteiger partial charge in [0.15, 0.2) is 5.78 Å². The van der Waals surface area contributed by atoms with Gasteiger partial charge >= 0.3 is 11.9 Å². The molecule has 0 N–H and O–H groups in total. The summed E-state index contributed by atoms with van der Waals surface area (Å²) in [5, 5.41) is 0. The Morgan fingerprint density at radius 1 is 1.06 bits per heavy atom. The minimum atomic E-state index is -1.40. The summed E-state index contributed by atoms with van der Waals surface area (Å²) in [6.07, 6.45) is 5.18. The van der Waals surface area contributed by atoms with E-state index in [9.17, 15) is 19.2 Å². The van der Waals surface area contributed by atoms with Gasteiger partial charge < -0.3 is 19.0 Å². The van der Waals surface area contributed by atoms with Crippen molar-refractivity contribution in [2.75, 3.05) is 14.2 Å². The number of Topliss-reactive ketones (excluding diaryl/α,β-unsaturated/α-hetero) is 1. The molecule has 4 rings (SSSR count). The number of methoxy groups -OCH3 is 2. The third-order valence-corrected chi connectivity index (χ3v) is 10.9. The molecule has 2 unspecified atom stereocenters. The van der Waals surface area contributed by atoms with Gasteiger partial charge in [0.1, 0.15) is 23.6 Å². The maximum atomic E-state index is 14.0. The monoisotopic (exact) mass is 500 g/mol. The molecule has 0 amide bonds. The minimum Gasteiger partial charge on any atom is -0.499 e. The molecular weight excluding hydrogens is 460 g/mol. The molecule has 2 fully saturated rings. The summed E-state index contributed by atoms with van der Waals surface area (Å²) < 4.78 is 17.1. The van der Waals surface area contributed by atoms with Gasteiger partial charge in [0.2, 0.25) is 0 Å². The number of aldehydes is 1. The summed E-state index contributed by atoms with van der Waals surface area (Å²) in [6.45, 7) is 13.0. The van der Waals surface area contributed by atoms with Gasteiger partial charge in [-0.25, -0.2) is 0 Å². The summed E-state index contributed by atoms with van der Waals surface area (Å²) in [6, 6.07) is 0. The van der Waals surface area contributed by atoms with Crippen LogP contribution in [0.3, 0.4) is 0 Å². The maximum absolute atomic E-state index is 14.0. The fourth-order valence-electron chi connectivity index (χ4n) is 9.30. The van der Waals surface area contributed by atoms with Crippen LogP contribution in [0.4, 0.5) is 0 Å². The lowest BCUT2D eigenvalue weighted by molar-refractivity contribution is -0.218. The van der Waals surface area contributed by atoms with Crippen molar-refractivity contribution in [1.82, 2.24) is 0 Å². The minimum absolute atomic E-state index is 0.0741. The highest BCUT2D eigenvalue weighted by Gasteiger charge is 2.80. The number of esters is 2. The molecule has 7 nitrogen and oxygen atoms in total. The molecule has 0 aromatic carbocycles. The third kappa shape index (κ3) is 2.70. The van der Waals surface area contributed by atoms with Crippen LogP contribution in [0, 0.1) is 38.9 Å². The molecule has 0 aromatic heterocycles. The number of ether oxygens (including phenoxy) is 3. The Morgan fingerprint density at radius 2 is 1.69 bits per heavy atom. The van der Waals surface area contributed by atoms with E-state index in [0.717, 1.165) is 11.9 Å². The van der Waals surface area contributed by atoms with Crippen LogP contribution in [0.15, 0.2) is 23.0 Å². The van der Waals surface area contributed by atoms with Crippen molar-refractivity contribution >= 4 is 24.0 Å². The second-order valence-electron chi connectivity index (χ2n) is 12.4. The highest BCUT2D eigenvalue weighted by Crippen LogP contribution is 2.77. The lowest BCUT2D eigenvalue weighted by Gasteiger charge is -2.68. The Kier molecular flexibility index (Phi) is 5.94. The number of hydrogen-bond donors (Lipinski definition) is 0. The summed E-state index contributed by atoms with van der Waals surface area (Å²) in [5.41, 5.74) is -3.46. The molecule has 36 heavy (non-hydrogen) atoms. The Labute approximate surface area is 214 Å². The van der Waals surface area contributed by atoms with Gasteiger partial charge in [0.05, 0.1) is 19.6 Å². The van der Waals surface area contributed by atoms with E-state index < -0.39 is 33.0 Å². The largest absolute Gasteiger partial charge is 0.499 e. The first-order valence-corrected chi connectivity index (χ1v) is 12.9. The number of ketones is 1. The summed E-state index contributed by atoms with van der Waals surface area (Å²) in [5.74, 6) is -1.02. The predicted molar refractivity (Wildman–Crippen MR) is 132 cm³/mol. The summed E-state index contributed by atoms with van der Waals surface area (Å²) in [7, 11) is 2.85. The second-order valence-corrected chi connectivity index (χ2v) is 12.4. The molecule has 198 valence electrons. The van der Waals surface area contributed by atoms with Crippen LogP contribution in [-0.4, -0.2) is 44.3 Å². The Bertz CT molecular complexity index is 1100. The Morgan fingerprint density at radius 3 is 2.22 bits per heavy atom. The Hall–Kier alpha value is -2.44. The fourth-order valence-corrected chi connectivity index (χ4v) is 9.30. The summed E-state index contributed by atoms with van der Waals surface area (Å²) >= 11 is 0. The van der Waals surface area contributed by atoms with Crippen LogP contribution in [0.5, 0.6) is 0 Å². The molecule has 0 saturated heterocycles. The van der Waals surface area contributed by atoms with Crippen molar-refractivity contribution in [2.45, 2.75) is 80.3 Å². The molecule has 0 aromatic rings. The van der Waals surface area contributed by atoms with Crippen LogP contribution in [-0.2, 0) is 33.4 Å². The zero-order valence-electron chi connectivity index (χ0n) is 23.1. The number of allylic oxidation sites excluding steroid dienone is 3. The number of carbonyl (C=O) groups excluding carboxylic acids is 4. The molecule has 4 aliphatic rings. The molecule has 7 atom stereocenters. The standard InChI is InChI=1S/C29H40O7/c1-16-14-20-26(6,29(24(33)35-9)23(34-8)17(2)22(32)27(16,29)7)12-10-19-25(4,5)21(36-18(3)31)11-13-28(19,20)15-30/h14-15,19-21H,10-13H2,1-9H3/t19?,20?,21-,26-,27-,28-,29+/m0/s1. The van der Waals surface area contributed by atoms with Gasteiger partial charge in [-0.05, 0) is 63.7 Å². The van der Waals surface area contributed by atoms with Crippen LogP contribution < -0.4 is 0 Å². The molecule has 0 aliphatic heterocycles. The molecule has 0 heterocycles.